The number of rotatable bonds is 10. The molecule has 2 aromatic rings. The Morgan fingerprint density at radius 2 is 1.61 bits per heavy atom. The predicted molar refractivity (Wildman–Crippen MR) is 123 cm³/mol. The summed E-state index contributed by atoms with van der Waals surface area (Å²) in [5.41, 5.74) is 3.97. The fraction of sp³-hybridized carbons (Fsp3) is 0.400. The maximum absolute atomic E-state index is 12.4. The lowest BCUT2D eigenvalue weighted by atomic mass is 9.89. The van der Waals surface area contributed by atoms with Crippen molar-refractivity contribution in [3.8, 4) is 11.1 Å². The standard InChI is InChI=1S/C25H30N2O6/c1-25(2,12-22(28)27-21(14-32-3)23(29)30)15-26-24(31)33-13-20-18-10-6-4-8-16(18)17-9-5-7-11-19(17)20/h4-11,20-21H,12-15H2,1-3H3,(H,26,31)(H,27,28)(H,29,30). The number of ether oxygens (including phenoxy) is 2. The number of carbonyl (C=O) groups is 3. The molecule has 1 aliphatic rings. The first-order valence-electron chi connectivity index (χ1n) is 10.8. The van der Waals surface area contributed by atoms with Crippen LogP contribution in [0.4, 0.5) is 4.79 Å². The second-order valence-corrected chi connectivity index (χ2v) is 8.93. The minimum absolute atomic E-state index is 0.0318. The number of carboxylic acid groups (broad SMARTS) is 1. The highest BCUT2D eigenvalue weighted by molar-refractivity contribution is 5.84. The summed E-state index contributed by atoms with van der Waals surface area (Å²) in [5, 5.41) is 14.3. The zero-order chi connectivity index (χ0) is 24.0. The molecule has 1 atom stereocenters. The minimum Gasteiger partial charge on any atom is -0.480 e. The Kier molecular flexibility index (Phi) is 7.71. The normalized spacial score (nSPS) is 13.5. The quantitative estimate of drug-likeness (QED) is 0.508. The number of amides is 2. The van der Waals surface area contributed by atoms with E-state index in [4.69, 9.17) is 14.6 Å². The third-order valence-electron chi connectivity index (χ3n) is 5.66. The number of carboxylic acids is 1. The molecule has 0 aliphatic heterocycles. The van der Waals surface area contributed by atoms with Gasteiger partial charge in [-0.25, -0.2) is 9.59 Å². The summed E-state index contributed by atoms with van der Waals surface area (Å²) in [5.74, 6) is -1.63. The smallest absolute Gasteiger partial charge is 0.407 e. The first-order chi connectivity index (χ1) is 15.7. The highest BCUT2D eigenvalue weighted by Crippen LogP contribution is 2.44. The summed E-state index contributed by atoms with van der Waals surface area (Å²) in [4.78, 5) is 35.8. The molecular formula is C25H30N2O6. The molecule has 33 heavy (non-hydrogen) atoms. The summed E-state index contributed by atoms with van der Waals surface area (Å²) in [6.45, 7) is 3.89. The van der Waals surface area contributed by atoms with Gasteiger partial charge < -0.3 is 25.2 Å². The minimum atomic E-state index is -1.17. The first kappa shape index (κ1) is 24.3. The molecule has 0 bridgehead atoms. The Labute approximate surface area is 193 Å². The maximum Gasteiger partial charge on any atom is 0.407 e. The van der Waals surface area contributed by atoms with E-state index in [0.29, 0.717) is 0 Å². The number of benzene rings is 2. The van der Waals surface area contributed by atoms with E-state index in [1.54, 1.807) is 0 Å². The molecule has 3 N–H and O–H groups in total. The third kappa shape index (κ3) is 6.10. The van der Waals surface area contributed by atoms with Crippen LogP contribution in [0.15, 0.2) is 48.5 Å². The average Bonchev–Trinajstić information content (AvgIpc) is 3.09. The molecule has 0 aromatic heterocycles. The van der Waals surface area contributed by atoms with Crippen molar-refractivity contribution < 1.29 is 29.0 Å². The zero-order valence-corrected chi connectivity index (χ0v) is 19.1. The van der Waals surface area contributed by atoms with Crippen LogP contribution in [0.3, 0.4) is 0 Å². The lowest BCUT2D eigenvalue weighted by Crippen LogP contribution is -2.46. The van der Waals surface area contributed by atoms with Gasteiger partial charge in [-0.3, -0.25) is 4.79 Å². The van der Waals surface area contributed by atoms with Crippen LogP contribution < -0.4 is 10.6 Å². The third-order valence-corrected chi connectivity index (χ3v) is 5.66. The van der Waals surface area contributed by atoms with Crippen molar-refractivity contribution in [3.63, 3.8) is 0 Å². The molecule has 0 radical (unpaired) electrons. The molecule has 1 aliphatic carbocycles. The van der Waals surface area contributed by atoms with Gasteiger partial charge in [0.25, 0.3) is 0 Å². The molecule has 1 unspecified atom stereocenters. The van der Waals surface area contributed by atoms with E-state index in [2.05, 4.69) is 34.9 Å². The predicted octanol–water partition coefficient (Wildman–Crippen LogP) is 3.16. The molecule has 8 heteroatoms. The number of fused-ring (bicyclic) bond motifs is 3. The summed E-state index contributed by atoms with van der Waals surface area (Å²) in [6.07, 6.45) is -0.530. The van der Waals surface area contributed by atoms with Gasteiger partial charge in [-0.15, -0.1) is 0 Å². The van der Waals surface area contributed by atoms with Gasteiger partial charge in [-0.2, -0.15) is 0 Å². The van der Waals surface area contributed by atoms with Crippen LogP contribution in [0.5, 0.6) is 0 Å². The summed E-state index contributed by atoms with van der Waals surface area (Å²) in [7, 11) is 1.37. The molecule has 8 nitrogen and oxygen atoms in total. The van der Waals surface area contributed by atoms with Gasteiger partial charge in [0.2, 0.25) is 5.91 Å². The Morgan fingerprint density at radius 3 is 2.15 bits per heavy atom. The van der Waals surface area contributed by atoms with E-state index in [9.17, 15) is 14.4 Å². The molecular weight excluding hydrogens is 424 g/mol. The molecule has 0 fully saturated rings. The Hall–Kier alpha value is -3.39. The topological polar surface area (TPSA) is 114 Å². The second kappa shape index (κ2) is 10.5. The molecule has 0 heterocycles. The summed E-state index contributed by atoms with van der Waals surface area (Å²) >= 11 is 0. The Balaban J connectivity index is 1.51. The van der Waals surface area contributed by atoms with Crippen molar-refractivity contribution in [2.45, 2.75) is 32.2 Å². The maximum atomic E-state index is 12.4. The van der Waals surface area contributed by atoms with Gasteiger partial charge in [0.15, 0.2) is 6.04 Å². The van der Waals surface area contributed by atoms with E-state index in [0.717, 1.165) is 22.3 Å². The number of carbonyl (C=O) groups excluding carboxylic acids is 2. The molecule has 0 spiro atoms. The first-order valence-corrected chi connectivity index (χ1v) is 10.8. The fourth-order valence-corrected chi connectivity index (χ4v) is 4.04. The highest BCUT2D eigenvalue weighted by Gasteiger charge is 2.30. The van der Waals surface area contributed by atoms with Gasteiger partial charge in [0, 0.05) is 26.0 Å². The highest BCUT2D eigenvalue weighted by atomic mass is 16.5. The van der Waals surface area contributed by atoms with Crippen LogP contribution in [0.25, 0.3) is 11.1 Å². The average molecular weight is 455 g/mol. The monoisotopic (exact) mass is 454 g/mol. The van der Waals surface area contributed by atoms with E-state index in [1.807, 2.05) is 38.1 Å². The van der Waals surface area contributed by atoms with E-state index >= 15 is 0 Å². The van der Waals surface area contributed by atoms with Gasteiger partial charge in [-0.05, 0) is 27.7 Å². The second-order valence-electron chi connectivity index (χ2n) is 8.93. The van der Waals surface area contributed by atoms with Crippen LogP contribution in [0.1, 0.15) is 37.3 Å². The van der Waals surface area contributed by atoms with Crippen molar-refractivity contribution in [1.82, 2.24) is 10.6 Å². The van der Waals surface area contributed by atoms with Crippen LogP contribution in [-0.2, 0) is 19.1 Å². The fourth-order valence-electron chi connectivity index (χ4n) is 4.04. The summed E-state index contributed by atoms with van der Waals surface area (Å²) in [6, 6.07) is 15.1. The number of hydrogen-bond acceptors (Lipinski definition) is 5. The van der Waals surface area contributed by atoms with Crippen molar-refractivity contribution in [2.24, 2.45) is 5.41 Å². The molecule has 2 aromatic carbocycles. The van der Waals surface area contributed by atoms with E-state index in [-0.39, 0.29) is 32.1 Å². The molecule has 0 saturated heterocycles. The molecule has 3 rings (SSSR count). The van der Waals surface area contributed by atoms with E-state index in [1.165, 1.54) is 7.11 Å². The van der Waals surface area contributed by atoms with Crippen molar-refractivity contribution >= 4 is 18.0 Å². The van der Waals surface area contributed by atoms with Gasteiger partial charge in [0.05, 0.1) is 6.61 Å². The largest absolute Gasteiger partial charge is 0.480 e. The number of hydrogen-bond donors (Lipinski definition) is 3. The van der Waals surface area contributed by atoms with Gasteiger partial charge in [-0.1, -0.05) is 62.4 Å². The lowest BCUT2D eigenvalue weighted by molar-refractivity contribution is -0.143. The van der Waals surface area contributed by atoms with Crippen LogP contribution >= 0.6 is 0 Å². The van der Waals surface area contributed by atoms with Gasteiger partial charge in [0.1, 0.15) is 6.61 Å². The number of alkyl carbamates (subject to hydrolysis) is 1. The number of aliphatic carboxylic acids is 1. The van der Waals surface area contributed by atoms with Gasteiger partial charge >= 0.3 is 12.1 Å². The van der Waals surface area contributed by atoms with Crippen LogP contribution in [0.2, 0.25) is 0 Å². The Morgan fingerprint density at radius 1 is 1.03 bits per heavy atom. The SMILES string of the molecule is COCC(NC(=O)CC(C)(C)CNC(=O)OCC1c2ccccc2-c2ccccc21)C(=O)O. The lowest BCUT2D eigenvalue weighted by Gasteiger charge is -2.25. The van der Waals surface area contributed by atoms with Crippen LogP contribution in [-0.4, -0.2) is 56.0 Å². The zero-order valence-electron chi connectivity index (χ0n) is 19.1. The number of nitrogens with one attached hydrogen (secondary N) is 2. The van der Waals surface area contributed by atoms with Crippen LogP contribution in [0, 0.1) is 5.41 Å². The molecule has 176 valence electrons. The van der Waals surface area contributed by atoms with Crippen molar-refractivity contribution in [2.75, 3.05) is 26.9 Å². The molecule has 0 saturated carbocycles. The number of methoxy groups -OCH3 is 1. The van der Waals surface area contributed by atoms with Crippen molar-refractivity contribution in [1.29, 1.82) is 0 Å². The molecule has 2 amide bonds. The van der Waals surface area contributed by atoms with E-state index < -0.39 is 29.4 Å². The summed E-state index contributed by atoms with van der Waals surface area (Å²) < 4.78 is 10.3. The van der Waals surface area contributed by atoms with Crippen molar-refractivity contribution in [3.05, 3.63) is 59.7 Å². The Bertz CT molecular complexity index is 974.